The first-order chi connectivity index (χ1) is 8.80. The Morgan fingerprint density at radius 2 is 1.94 bits per heavy atom. The Bertz CT molecular complexity index is 544. The largest absolute Gasteiger partial charge is 0.497 e. The first-order valence-electron chi connectivity index (χ1n) is 5.51. The summed E-state index contributed by atoms with van der Waals surface area (Å²) in [6, 6.07) is 7.65. The number of methoxy groups -OCH3 is 2. The van der Waals surface area contributed by atoms with Crippen molar-refractivity contribution in [1.82, 2.24) is 9.97 Å². The van der Waals surface area contributed by atoms with E-state index in [1.54, 1.807) is 21.3 Å². The van der Waals surface area contributed by atoms with Gasteiger partial charge in [-0.05, 0) is 12.1 Å². The maximum Gasteiger partial charge on any atom is 0.187 e. The van der Waals surface area contributed by atoms with E-state index in [1.807, 2.05) is 24.3 Å². The molecule has 0 aliphatic rings. The molecule has 0 atom stereocenters. The third-order valence-electron chi connectivity index (χ3n) is 2.59. The lowest BCUT2D eigenvalue weighted by atomic mass is 10.1. The van der Waals surface area contributed by atoms with E-state index in [4.69, 9.17) is 9.47 Å². The van der Waals surface area contributed by atoms with Gasteiger partial charge in [-0.3, -0.25) is 0 Å². The third kappa shape index (κ3) is 2.20. The zero-order chi connectivity index (χ0) is 13.0. The monoisotopic (exact) mass is 245 g/mol. The summed E-state index contributed by atoms with van der Waals surface area (Å²) < 4.78 is 10.6. The van der Waals surface area contributed by atoms with Gasteiger partial charge in [0.25, 0.3) is 0 Å². The van der Waals surface area contributed by atoms with Crippen LogP contribution in [0.1, 0.15) is 0 Å². The minimum atomic E-state index is 0.619. The quantitative estimate of drug-likeness (QED) is 0.895. The molecule has 0 aliphatic carbocycles. The molecule has 2 aromatic rings. The summed E-state index contributed by atoms with van der Waals surface area (Å²) >= 11 is 0. The van der Waals surface area contributed by atoms with Crippen LogP contribution in [-0.4, -0.2) is 31.2 Å². The molecule has 0 spiro atoms. The third-order valence-corrected chi connectivity index (χ3v) is 2.59. The maximum atomic E-state index is 5.37. The second-order valence-corrected chi connectivity index (χ2v) is 3.59. The predicted molar refractivity (Wildman–Crippen MR) is 70.1 cm³/mol. The molecule has 1 aromatic heterocycles. The summed E-state index contributed by atoms with van der Waals surface area (Å²) in [5, 5.41) is 2.98. The first-order valence-corrected chi connectivity index (χ1v) is 5.51. The van der Waals surface area contributed by atoms with E-state index in [2.05, 4.69) is 15.3 Å². The summed E-state index contributed by atoms with van der Waals surface area (Å²) in [5.41, 5.74) is 1.65. The Kier molecular flexibility index (Phi) is 3.62. The number of rotatable bonds is 4. The number of aromatic nitrogens is 2. The fourth-order valence-electron chi connectivity index (χ4n) is 1.72. The molecular weight excluding hydrogens is 230 g/mol. The van der Waals surface area contributed by atoms with Crippen LogP contribution in [0.5, 0.6) is 11.5 Å². The molecule has 0 saturated heterocycles. The van der Waals surface area contributed by atoms with Crippen LogP contribution in [0.4, 0.5) is 5.82 Å². The summed E-state index contributed by atoms with van der Waals surface area (Å²) in [5.74, 6) is 2.05. The van der Waals surface area contributed by atoms with Crippen molar-refractivity contribution in [2.24, 2.45) is 0 Å². The van der Waals surface area contributed by atoms with E-state index in [-0.39, 0.29) is 0 Å². The molecule has 5 nitrogen and oxygen atoms in total. The van der Waals surface area contributed by atoms with Crippen molar-refractivity contribution in [2.45, 2.75) is 0 Å². The van der Waals surface area contributed by atoms with Crippen LogP contribution in [-0.2, 0) is 0 Å². The van der Waals surface area contributed by atoms with Crippen LogP contribution >= 0.6 is 0 Å². The second kappa shape index (κ2) is 5.35. The van der Waals surface area contributed by atoms with Crippen molar-refractivity contribution >= 4 is 5.82 Å². The van der Waals surface area contributed by atoms with Crippen LogP contribution in [0.3, 0.4) is 0 Å². The van der Waals surface area contributed by atoms with Crippen molar-refractivity contribution in [3.8, 4) is 22.8 Å². The Labute approximate surface area is 106 Å². The van der Waals surface area contributed by atoms with Crippen LogP contribution in [0.25, 0.3) is 11.3 Å². The summed E-state index contributed by atoms with van der Waals surface area (Å²) in [6.07, 6.45) is 1.50. The predicted octanol–water partition coefficient (Wildman–Crippen LogP) is 2.20. The Hall–Kier alpha value is -2.30. The van der Waals surface area contributed by atoms with Crippen LogP contribution in [0.15, 0.2) is 30.6 Å². The Morgan fingerprint density at radius 1 is 1.11 bits per heavy atom. The summed E-state index contributed by atoms with van der Waals surface area (Å²) in [4.78, 5) is 8.39. The number of hydrogen-bond acceptors (Lipinski definition) is 5. The number of hydrogen-bond donors (Lipinski definition) is 1. The van der Waals surface area contributed by atoms with Crippen molar-refractivity contribution in [2.75, 3.05) is 26.6 Å². The van der Waals surface area contributed by atoms with E-state index in [1.165, 1.54) is 6.33 Å². The molecule has 2 rings (SSSR count). The van der Waals surface area contributed by atoms with Crippen LogP contribution in [0, 0.1) is 0 Å². The minimum absolute atomic E-state index is 0.619. The Balaban J connectivity index is 2.55. The topological polar surface area (TPSA) is 56.3 Å². The van der Waals surface area contributed by atoms with E-state index < -0.39 is 0 Å². The molecule has 0 bridgehead atoms. The fraction of sp³-hybridized carbons (Fsp3) is 0.231. The Morgan fingerprint density at radius 3 is 2.61 bits per heavy atom. The van der Waals surface area contributed by atoms with Crippen molar-refractivity contribution in [1.29, 1.82) is 0 Å². The highest BCUT2D eigenvalue weighted by Crippen LogP contribution is 2.33. The van der Waals surface area contributed by atoms with Gasteiger partial charge < -0.3 is 14.8 Å². The normalized spacial score (nSPS) is 9.94. The van der Waals surface area contributed by atoms with Gasteiger partial charge in [-0.25, -0.2) is 9.97 Å². The zero-order valence-corrected chi connectivity index (χ0v) is 10.6. The molecule has 0 saturated carbocycles. The van der Waals surface area contributed by atoms with Gasteiger partial charge in [0, 0.05) is 12.6 Å². The van der Waals surface area contributed by atoms with Gasteiger partial charge in [0.2, 0.25) is 0 Å². The van der Waals surface area contributed by atoms with Crippen LogP contribution in [0.2, 0.25) is 0 Å². The molecule has 18 heavy (non-hydrogen) atoms. The smallest absolute Gasteiger partial charge is 0.187 e. The van der Waals surface area contributed by atoms with Crippen LogP contribution < -0.4 is 14.8 Å². The number of nitrogens with one attached hydrogen (secondary N) is 1. The SMILES string of the molecule is CNc1ncnc(-c2cccc(OC)c2)c1OC. The van der Waals surface area contributed by atoms with Crippen molar-refractivity contribution < 1.29 is 9.47 Å². The highest BCUT2D eigenvalue weighted by Gasteiger charge is 2.13. The maximum absolute atomic E-state index is 5.37. The molecule has 94 valence electrons. The fourth-order valence-corrected chi connectivity index (χ4v) is 1.72. The molecule has 0 fully saturated rings. The first kappa shape index (κ1) is 12.2. The minimum Gasteiger partial charge on any atom is -0.497 e. The van der Waals surface area contributed by atoms with Gasteiger partial charge in [0.15, 0.2) is 11.6 Å². The number of benzene rings is 1. The molecule has 1 aromatic carbocycles. The number of nitrogens with zero attached hydrogens (tertiary/aromatic N) is 2. The van der Waals surface area contributed by atoms with Crippen molar-refractivity contribution in [3.63, 3.8) is 0 Å². The molecule has 0 aliphatic heterocycles. The molecule has 1 N–H and O–H groups in total. The van der Waals surface area contributed by atoms with E-state index >= 15 is 0 Å². The highest BCUT2D eigenvalue weighted by atomic mass is 16.5. The van der Waals surface area contributed by atoms with Gasteiger partial charge in [-0.1, -0.05) is 12.1 Å². The molecular formula is C13H15N3O2. The molecule has 0 radical (unpaired) electrons. The lowest BCUT2D eigenvalue weighted by molar-refractivity contribution is 0.413. The molecule has 5 heteroatoms. The number of anilines is 1. The average Bonchev–Trinajstić information content (AvgIpc) is 2.46. The van der Waals surface area contributed by atoms with E-state index in [0.717, 1.165) is 17.0 Å². The van der Waals surface area contributed by atoms with Gasteiger partial charge in [0.05, 0.1) is 14.2 Å². The molecule has 1 heterocycles. The van der Waals surface area contributed by atoms with Gasteiger partial charge >= 0.3 is 0 Å². The standard InChI is InChI=1S/C13H15N3O2/c1-14-13-12(18-3)11(15-8-16-13)9-5-4-6-10(7-9)17-2/h4-8H,1-3H3,(H,14,15,16). The molecule has 0 unspecified atom stereocenters. The molecule has 0 amide bonds. The van der Waals surface area contributed by atoms with E-state index in [0.29, 0.717) is 11.6 Å². The van der Waals surface area contributed by atoms with E-state index in [9.17, 15) is 0 Å². The second-order valence-electron chi connectivity index (χ2n) is 3.59. The van der Waals surface area contributed by atoms with Gasteiger partial charge in [0.1, 0.15) is 17.8 Å². The zero-order valence-electron chi connectivity index (χ0n) is 10.6. The summed E-state index contributed by atoms with van der Waals surface area (Å²) in [7, 11) is 5.03. The number of ether oxygens (including phenoxy) is 2. The average molecular weight is 245 g/mol. The lowest BCUT2D eigenvalue weighted by Gasteiger charge is -2.11. The van der Waals surface area contributed by atoms with Gasteiger partial charge in [-0.2, -0.15) is 0 Å². The van der Waals surface area contributed by atoms with Gasteiger partial charge in [-0.15, -0.1) is 0 Å². The highest BCUT2D eigenvalue weighted by molar-refractivity contribution is 5.73. The summed E-state index contributed by atoms with van der Waals surface area (Å²) in [6.45, 7) is 0. The van der Waals surface area contributed by atoms with Crippen molar-refractivity contribution in [3.05, 3.63) is 30.6 Å². The lowest BCUT2D eigenvalue weighted by Crippen LogP contribution is -2.00.